The van der Waals surface area contributed by atoms with Gasteiger partial charge in [-0.3, -0.25) is 4.79 Å². The van der Waals surface area contributed by atoms with Crippen molar-refractivity contribution >= 4 is 23.6 Å². The molecule has 0 aliphatic rings. The fraction of sp³-hybridized carbons (Fsp3) is 0.267. The lowest BCUT2D eigenvalue weighted by Gasteiger charge is -2.19. The molecule has 1 aromatic rings. The van der Waals surface area contributed by atoms with Crippen molar-refractivity contribution in [2.45, 2.75) is 10.8 Å². The topological polar surface area (TPSA) is 59.5 Å². The summed E-state index contributed by atoms with van der Waals surface area (Å²) in [4.78, 5) is 29.0. The third-order valence-electron chi connectivity index (χ3n) is 2.57. The van der Waals surface area contributed by atoms with Crippen LogP contribution in [0, 0.1) is 0 Å². The van der Waals surface area contributed by atoms with Gasteiger partial charge in [-0.05, 0) is 23.9 Å². The number of thioether (sulfide) groups is 1. The number of alkyl halides is 2. The molecule has 0 radical (unpaired) electrons. The van der Waals surface area contributed by atoms with Crippen LogP contribution in [-0.2, 0) is 9.53 Å². The van der Waals surface area contributed by atoms with Crippen LogP contribution in [-0.4, -0.2) is 47.2 Å². The molecule has 0 saturated carbocycles. The summed E-state index contributed by atoms with van der Waals surface area (Å²) in [6.45, 7) is 7.11. The molecule has 1 aromatic heterocycles. The van der Waals surface area contributed by atoms with E-state index in [1.807, 2.05) is 0 Å². The lowest BCUT2D eigenvalue weighted by Crippen LogP contribution is -2.35. The highest BCUT2D eigenvalue weighted by atomic mass is 32.2. The van der Waals surface area contributed by atoms with Crippen LogP contribution in [0.1, 0.15) is 10.4 Å². The number of aromatic nitrogens is 1. The van der Waals surface area contributed by atoms with Crippen molar-refractivity contribution in [2.24, 2.45) is 0 Å². The molecule has 0 unspecified atom stereocenters. The first-order valence-corrected chi connectivity index (χ1v) is 7.44. The van der Waals surface area contributed by atoms with E-state index in [1.165, 1.54) is 35.4 Å². The molecular weight excluding hydrogens is 326 g/mol. The van der Waals surface area contributed by atoms with E-state index in [2.05, 4.69) is 18.1 Å². The van der Waals surface area contributed by atoms with E-state index in [-0.39, 0.29) is 35.4 Å². The van der Waals surface area contributed by atoms with Crippen LogP contribution in [0.15, 0.2) is 48.7 Å². The molecule has 0 aromatic carbocycles. The maximum Gasteiger partial charge on any atom is 0.341 e. The van der Waals surface area contributed by atoms with Crippen LogP contribution < -0.4 is 0 Å². The fourth-order valence-electron chi connectivity index (χ4n) is 1.61. The SMILES string of the molecule is C=CCN(CC=C)C(=O)COC(=O)c1cccnc1SC(F)F. The first kappa shape index (κ1) is 18.8. The van der Waals surface area contributed by atoms with Gasteiger partial charge < -0.3 is 9.64 Å². The first-order chi connectivity index (χ1) is 11.0. The molecule has 5 nitrogen and oxygen atoms in total. The summed E-state index contributed by atoms with van der Waals surface area (Å²) in [7, 11) is 0. The Labute approximate surface area is 137 Å². The zero-order chi connectivity index (χ0) is 17.2. The second kappa shape index (κ2) is 9.73. The van der Waals surface area contributed by atoms with E-state index in [4.69, 9.17) is 4.74 Å². The number of hydrogen-bond acceptors (Lipinski definition) is 5. The van der Waals surface area contributed by atoms with Crippen molar-refractivity contribution in [3.05, 3.63) is 49.2 Å². The molecule has 1 rings (SSSR count). The van der Waals surface area contributed by atoms with Crippen molar-refractivity contribution in [3.8, 4) is 0 Å². The zero-order valence-corrected chi connectivity index (χ0v) is 13.1. The number of esters is 1. The van der Waals surface area contributed by atoms with Crippen molar-refractivity contribution in [1.29, 1.82) is 0 Å². The summed E-state index contributed by atoms with van der Waals surface area (Å²) < 4.78 is 29.8. The van der Waals surface area contributed by atoms with Gasteiger partial charge in [-0.2, -0.15) is 8.78 Å². The van der Waals surface area contributed by atoms with Crippen LogP contribution in [0.3, 0.4) is 0 Å². The number of amides is 1. The van der Waals surface area contributed by atoms with Gasteiger partial charge >= 0.3 is 5.97 Å². The molecule has 1 amide bonds. The standard InChI is InChI=1S/C15H16F2N2O3S/c1-3-8-19(9-4-2)12(20)10-22-14(21)11-6-5-7-18-13(11)23-15(16)17/h3-7,15H,1-2,8-10H2. The summed E-state index contributed by atoms with van der Waals surface area (Å²) in [5.74, 6) is -4.04. The van der Waals surface area contributed by atoms with Crippen LogP contribution in [0.25, 0.3) is 0 Å². The molecule has 0 saturated heterocycles. The minimum atomic E-state index is -2.71. The van der Waals surface area contributed by atoms with E-state index < -0.39 is 24.2 Å². The van der Waals surface area contributed by atoms with Gasteiger partial charge in [-0.25, -0.2) is 9.78 Å². The van der Waals surface area contributed by atoms with Crippen LogP contribution in [0.5, 0.6) is 0 Å². The summed E-state index contributed by atoms with van der Waals surface area (Å²) in [5, 5.41) is -0.144. The molecule has 1 heterocycles. The molecule has 23 heavy (non-hydrogen) atoms. The van der Waals surface area contributed by atoms with Gasteiger partial charge in [0.2, 0.25) is 0 Å². The number of carbonyl (C=O) groups excluding carboxylic acids is 2. The molecule has 124 valence electrons. The van der Waals surface area contributed by atoms with Crippen LogP contribution >= 0.6 is 11.8 Å². The van der Waals surface area contributed by atoms with Gasteiger partial charge in [-0.15, -0.1) is 13.2 Å². The van der Waals surface area contributed by atoms with Gasteiger partial charge in [-0.1, -0.05) is 12.2 Å². The van der Waals surface area contributed by atoms with Crippen molar-refractivity contribution in [2.75, 3.05) is 19.7 Å². The molecular formula is C15H16F2N2O3S. The van der Waals surface area contributed by atoms with Crippen molar-refractivity contribution in [3.63, 3.8) is 0 Å². The summed E-state index contributed by atoms with van der Waals surface area (Å²) in [5.41, 5.74) is -0.107. The van der Waals surface area contributed by atoms with Gasteiger partial charge in [0.25, 0.3) is 11.7 Å². The first-order valence-electron chi connectivity index (χ1n) is 6.56. The molecule has 0 bridgehead atoms. The van der Waals surface area contributed by atoms with Gasteiger partial charge in [0.1, 0.15) is 5.03 Å². The Morgan fingerprint density at radius 2 is 2.00 bits per heavy atom. The van der Waals surface area contributed by atoms with Crippen molar-refractivity contribution in [1.82, 2.24) is 9.88 Å². The Morgan fingerprint density at radius 1 is 1.35 bits per heavy atom. The summed E-state index contributed by atoms with van der Waals surface area (Å²) in [6.07, 6.45) is 4.35. The lowest BCUT2D eigenvalue weighted by molar-refractivity contribution is -0.133. The predicted octanol–water partition coefficient (Wildman–Crippen LogP) is 2.75. The van der Waals surface area contributed by atoms with E-state index in [9.17, 15) is 18.4 Å². The molecule has 0 N–H and O–H groups in total. The largest absolute Gasteiger partial charge is 0.452 e. The molecule has 8 heteroatoms. The van der Waals surface area contributed by atoms with Gasteiger partial charge in [0.15, 0.2) is 6.61 Å². The number of ether oxygens (including phenoxy) is 1. The minimum absolute atomic E-state index is 0.107. The average molecular weight is 342 g/mol. The zero-order valence-electron chi connectivity index (χ0n) is 12.3. The monoisotopic (exact) mass is 342 g/mol. The van der Waals surface area contributed by atoms with E-state index >= 15 is 0 Å². The quantitative estimate of drug-likeness (QED) is 0.392. The molecule has 0 aliphatic carbocycles. The number of nitrogens with zero attached hydrogens (tertiary/aromatic N) is 2. The van der Waals surface area contributed by atoms with Crippen LogP contribution in [0.2, 0.25) is 0 Å². The highest BCUT2D eigenvalue weighted by molar-refractivity contribution is 7.99. The number of halogens is 2. The number of rotatable bonds is 9. The van der Waals surface area contributed by atoms with Crippen molar-refractivity contribution < 1.29 is 23.1 Å². The van der Waals surface area contributed by atoms with Gasteiger partial charge in [0, 0.05) is 19.3 Å². The summed E-state index contributed by atoms with van der Waals surface area (Å²) >= 11 is 0.143. The molecule has 0 atom stereocenters. The van der Waals surface area contributed by atoms with Gasteiger partial charge in [0.05, 0.1) is 5.56 Å². The predicted molar refractivity (Wildman–Crippen MR) is 83.4 cm³/mol. The fourth-order valence-corrected chi connectivity index (χ4v) is 2.18. The Hall–Kier alpha value is -2.22. The minimum Gasteiger partial charge on any atom is -0.452 e. The third kappa shape index (κ3) is 6.19. The number of carbonyl (C=O) groups is 2. The Morgan fingerprint density at radius 3 is 2.57 bits per heavy atom. The van der Waals surface area contributed by atoms with E-state index in [0.29, 0.717) is 0 Å². The summed E-state index contributed by atoms with van der Waals surface area (Å²) in [6, 6.07) is 2.74. The smallest absolute Gasteiger partial charge is 0.341 e. The lowest BCUT2D eigenvalue weighted by atomic mass is 10.3. The highest BCUT2D eigenvalue weighted by Gasteiger charge is 2.20. The highest BCUT2D eigenvalue weighted by Crippen LogP contribution is 2.26. The van der Waals surface area contributed by atoms with Crippen LogP contribution in [0.4, 0.5) is 8.78 Å². The number of hydrogen-bond donors (Lipinski definition) is 0. The molecule has 0 aliphatic heterocycles. The second-order valence-corrected chi connectivity index (χ2v) is 5.17. The third-order valence-corrected chi connectivity index (χ3v) is 3.30. The number of pyridine rings is 1. The Kier molecular flexibility index (Phi) is 7.96. The maximum atomic E-state index is 12.4. The Bertz CT molecular complexity index is 572. The molecule has 0 fully saturated rings. The molecule has 0 spiro atoms. The maximum absolute atomic E-state index is 12.4. The normalized spacial score (nSPS) is 10.2. The van der Waals surface area contributed by atoms with E-state index in [0.717, 1.165) is 0 Å². The van der Waals surface area contributed by atoms with E-state index in [1.54, 1.807) is 0 Å². The average Bonchev–Trinajstić information content (AvgIpc) is 2.52. The second-order valence-electron chi connectivity index (χ2n) is 4.19. The Balaban J connectivity index is 2.71.